The minimum atomic E-state index is -0.518. The standard InChI is InChI=1S/C22H24Cl2FN3O2/c1-3-6-19(22(29)26-9-10-30-2)28-20-13-16(24)15(23)12-18(20)27-21(28)11-14-7-4-5-8-17(14)25/h4-5,7-8,12-13,19H,3,6,9-11H2,1-2H3,(H,26,29)/t19-/m1/s1. The van der Waals surface area contributed by atoms with Gasteiger partial charge in [-0.1, -0.05) is 54.7 Å². The summed E-state index contributed by atoms with van der Waals surface area (Å²) < 4.78 is 21.2. The van der Waals surface area contributed by atoms with Gasteiger partial charge in [-0.2, -0.15) is 0 Å². The summed E-state index contributed by atoms with van der Waals surface area (Å²) in [6.07, 6.45) is 1.61. The fourth-order valence-electron chi connectivity index (χ4n) is 3.47. The Morgan fingerprint density at radius 3 is 2.70 bits per heavy atom. The number of amides is 1. The highest BCUT2D eigenvalue weighted by atomic mass is 35.5. The molecule has 1 atom stereocenters. The molecule has 0 aliphatic heterocycles. The Bertz CT molecular complexity index is 1040. The monoisotopic (exact) mass is 451 g/mol. The highest BCUT2D eigenvalue weighted by Gasteiger charge is 2.26. The molecule has 0 fully saturated rings. The van der Waals surface area contributed by atoms with Crippen molar-refractivity contribution in [2.45, 2.75) is 32.2 Å². The fraction of sp³-hybridized carbons (Fsp3) is 0.364. The van der Waals surface area contributed by atoms with Gasteiger partial charge in [0.1, 0.15) is 17.7 Å². The molecule has 2 aromatic carbocycles. The third kappa shape index (κ3) is 4.94. The summed E-state index contributed by atoms with van der Waals surface area (Å²) in [6.45, 7) is 2.82. The van der Waals surface area contributed by atoms with Gasteiger partial charge in [0.05, 0.1) is 27.7 Å². The molecule has 30 heavy (non-hydrogen) atoms. The SMILES string of the molecule is CCC[C@H](C(=O)NCCOC)n1c(Cc2ccccc2F)nc2cc(Cl)c(Cl)cc21. The lowest BCUT2D eigenvalue weighted by Gasteiger charge is -2.21. The second-order valence-electron chi connectivity index (χ2n) is 7.01. The van der Waals surface area contributed by atoms with Gasteiger partial charge in [-0.25, -0.2) is 9.37 Å². The van der Waals surface area contributed by atoms with Crippen LogP contribution in [-0.2, 0) is 16.0 Å². The van der Waals surface area contributed by atoms with Gasteiger partial charge in [-0.15, -0.1) is 0 Å². The zero-order chi connectivity index (χ0) is 21.7. The second-order valence-corrected chi connectivity index (χ2v) is 7.82. The number of rotatable bonds is 9. The molecule has 1 heterocycles. The van der Waals surface area contributed by atoms with Crippen LogP contribution in [0, 0.1) is 5.82 Å². The lowest BCUT2D eigenvalue weighted by Crippen LogP contribution is -2.35. The van der Waals surface area contributed by atoms with Gasteiger partial charge in [0.2, 0.25) is 5.91 Å². The average Bonchev–Trinajstić information content (AvgIpc) is 3.04. The minimum Gasteiger partial charge on any atom is -0.383 e. The fourth-order valence-corrected chi connectivity index (χ4v) is 3.79. The molecule has 1 aromatic heterocycles. The highest BCUT2D eigenvalue weighted by molar-refractivity contribution is 6.42. The maximum atomic E-state index is 14.3. The third-order valence-electron chi connectivity index (χ3n) is 4.89. The Labute approximate surface area is 185 Å². The van der Waals surface area contributed by atoms with Crippen LogP contribution >= 0.6 is 23.2 Å². The van der Waals surface area contributed by atoms with Gasteiger partial charge in [0.25, 0.3) is 0 Å². The van der Waals surface area contributed by atoms with Gasteiger partial charge in [0, 0.05) is 20.1 Å². The summed E-state index contributed by atoms with van der Waals surface area (Å²) in [4.78, 5) is 17.7. The van der Waals surface area contributed by atoms with Gasteiger partial charge in [-0.3, -0.25) is 4.79 Å². The van der Waals surface area contributed by atoms with E-state index in [1.54, 1.807) is 37.4 Å². The Morgan fingerprint density at radius 2 is 2.00 bits per heavy atom. The van der Waals surface area contributed by atoms with E-state index >= 15 is 0 Å². The number of benzene rings is 2. The number of hydrogen-bond donors (Lipinski definition) is 1. The molecule has 0 spiro atoms. The smallest absolute Gasteiger partial charge is 0.243 e. The zero-order valence-corrected chi connectivity index (χ0v) is 18.4. The van der Waals surface area contributed by atoms with E-state index in [0.29, 0.717) is 52.0 Å². The summed E-state index contributed by atoms with van der Waals surface area (Å²) in [5.74, 6) is 0.117. The number of fused-ring (bicyclic) bond motifs is 1. The topological polar surface area (TPSA) is 56.1 Å². The van der Waals surface area contributed by atoms with Crippen LogP contribution < -0.4 is 5.32 Å². The average molecular weight is 452 g/mol. The molecule has 0 saturated heterocycles. The summed E-state index contributed by atoms with van der Waals surface area (Å²) in [5, 5.41) is 3.65. The van der Waals surface area contributed by atoms with E-state index in [1.807, 2.05) is 11.5 Å². The number of aromatic nitrogens is 2. The molecule has 1 amide bonds. The quantitative estimate of drug-likeness (QED) is 0.456. The largest absolute Gasteiger partial charge is 0.383 e. The Kier molecular flexibility index (Phi) is 7.69. The second kappa shape index (κ2) is 10.2. The first-order valence-electron chi connectivity index (χ1n) is 9.82. The highest BCUT2D eigenvalue weighted by Crippen LogP contribution is 2.32. The summed E-state index contributed by atoms with van der Waals surface area (Å²) >= 11 is 12.5. The first-order chi connectivity index (χ1) is 14.5. The third-order valence-corrected chi connectivity index (χ3v) is 5.62. The van der Waals surface area contributed by atoms with Crippen molar-refractivity contribution in [3.8, 4) is 0 Å². The van der Waals surface area contributed by atoms with Gasteiger partial charge < -0.3 is 14.6 Å². The van der Waals surface area contributed by atoms with Crippen molar-refractivity contribution < 1.29 is 13.9 Å². The van der Waals surface area contributed by atoms with Crippen molar-refractivity contribution in [3.05, 3.63) is 63.6 Å². The summed E-state index contributed by atoms with van der Waals surface area (Å²) in [7, 11) is 1.58. The number of imidazole rings is 1. The number of carbonyl (C=O) groups is 1. The van der Waals surface area contributed by atoms with Gasteiger partial charge in [-0.05, 0) is 30.2 Å². The maximum Gasteiger partial charge on any atom is 0.243 e. The molecule has 5 nitrogen and oxygen atoms in total. The van der Waals surface area contributed by atoms with Crippen LogP contribution in [0.25, 0.3) is 11.0 Å². The van der Waals surface area contributed by atoms with E-state index in [1.165, 1.54) is 6.07 Å². The Hall–Kier alpha value is -2.15. The molecule has 0 aliphatic rings. The Morgan fingerprint density at radius 1 is 1.27 bits per heavy atom. The van der Waals surface area contributed by atoms with Crippen molar-refractivity contribution in [3.63, 3.8) is 0 Å². The van der Waals surface area contributed by atoms with E-state index in [4.69, 9.17) is 27.9 Å². The molecule has 0 radical (unpaired) electrons. The van der Waals surface area contributed by atoms with Crippen molar-refractivity contribution in [2.24, 2.45) is 0 Å². The van der Waals surface area contributed by atoms with Crippen LogP contribution in [0.4, 0.5) is 4.39 Å². The lowest BCUT2D eigenvalue weighted by molar-refractivity contribution is -0.124. The number of hydrogen-bond acceptors (Lipinski definition) is 3. The Balaban J connectivity index is 2.11. The van der Waals surface area contributed by atoms with E-state index < -0.39 is 6.04 Å². The molecule has 160 valence electrons. The lowest BCUT2D eigenvalue weighted by atomic mass is 10.1. The first kappa shape index (κ1) is 22.5. The summed E-state index contributed by atoms with van der Waals surface area (Å²) in [5.41, 5.74) is 1.80. The zero-order valence-electron chi connectivity index (χ0n) is 16.9. The molecule has 0 saturated carbocycles. The normalized spacial score (nSPS) is 12.3. The van der Waals surface area contributed by atoms with E-state index in [0.717, 1.165) is 6.42 Å². The molecular formula is C22H24Cl2FN3O2. The van der Waals surface area contributed by atoms with Gasteiger partial charge >= 0.3 is 0 Å². The number of ether oxygens (including phenoxy) is 1. The van der Waals surface area contributed by atoms with Crippen molar-refractivity contribution in [2.75, 3.05) is 20.3 Å². The molecule has 3 aromatic rings. The van der Waals surface area contributed by atoms with Crippen LogP contribution in [0.3, 0.4) is 0 Å². The molecule has 3 rings (SSSR count). The van der Waals surface area contributed by atoms with E-state index in [2.05, 4.69) is 10.3 Å². The van der Waals surface area contributed by atoms with E-state index in [9.17, 15) is 9.18 Å². The van der Waals surface area contributed by atoms with Crippen LogP contribution in [-0.4, -0.2) is 35.7 Å². The van der Waals surface area contributed by atoms with Crippen molar-refractivity contribution in [1.82, 2.24) is 14.9 Å². The van der Waals surface area contributed by atoms with Crippen LogP contribution in [0.15, 0.2) is 36.4 Å². The minimum absolute atomic E-state index is 0.144. The number of methoxy groups -OCH3 is 1. The number of nitrogens with zero attached hydrogens (tertiary/aromatic N) is 2. The molecule has 0 aliphatic carbocycles. The van der Waals surface area contributed by atoms with Crippen molar-refractivity contribution >= 4 is 40.1 Å². The maximum absolute atomic E-state index is 14.3. The van der Waals surface area contributed by atoms with Crippen LogP contribution in [0.1, 0.15) is 37.2 Å². The molecular weight excluding hydrogens is 428 g/mol. The van der Waals surface area contributed by atoms with Crippen molar-refractivity contribution in [1.29, 1.82) is 0 Å². The predicted molar refractivity (Wildman–Crippen MR) is 118 cm³/mol. The number of halogens is 3. The molecule has 8 heteroatoms. The molecule has 0 unspecified atom stereocenters. The van der Waals surface area contributed by atoms with Crippen LogP contribution in [0.5, 0.6) is 0 Å². The predicted octanol–water partition coefficient (Wildman–Crippen LogP) is 5.18. The summed E-state index contributed by atoms with van der Waals surface area (Å²) in [6, 6.07) is 9.42. The molecule has 0 bridgehead atoms. The number of carbonyl (C=O) groups excluding carboxylic acids is 1. The van der Waals surface area contributed by atoms with Crippen LogP contribution in [0.2, 0.25) is 10.0 Å². The first-order valence-corrected chi connectivity index (χ1v) is 10.6. The molecule has 1 N–H and O–H groups in total. The van der Waals surface area contributed by atoms with E-state index in [-0.39, 0.29) is 18.1 Å². The number of nitrogens with one attached hydrogen (secondary N) is 1. The van der Waals surface area contributed by atoms with Gasteiger partial charge in [0.15, 0.2) is 0 Å².